The quantitative estimate of drug-likeness (QED) is 0.722. The second kappa shape index (κ2) is 6.13. The largest absolute Gasteiger partial charge is 0.508 e. The van der Waals surface area contributed by atoms with Gasteiger partial charge in [-0.3, -0.25) is 0 Å². The highest BCUT2D eigenvalue weighted by Gasteiger charge is 2.12. The Labute approximate surface area is 123 Å². The number of aromatic nitrogens is 2. The molecule has 2 rings (SSSR count). The maximum absolute atomic E-state index is 10.1. The number of benzene rings is 1. The summed E-state index contributed by atoms with van der Waals surface area (Å²) in [5.41, 5.74) is 13.6. The van der Waals surface area contributed by atoms with E-state index in [0.29, 0.717) is 30.0 Å². The summed E-state index contributed by atoms with van der Waals surface area (Å²) in [5.74, 6) is 1.24. The first-order valence-electron chi connectivity index (χ1n) is 6.41. The fourth-order valence-corrected chi connectivity index (χ4v) is 2.11. The number of methoxy groups -OCH3 is 1. The molecule has 0 aliphatic carbocycles. The number of ether oxygens (including phenoxy) is 1. The predicted octanol–water partition coefficient (Wildman–Crippen LogP) is 1.67. The van der Waals surface area contributed by atoms with Crippen molar-refractivity contribution in [2.24, 2.45) is 0 Å². The Bertz CT molecular complexity index is 671. The van der Waals surface area contributed by atoms with Crippen molar-refractivity contribution in [2.45, 2.75) is 12.8 Å². The lowest BCUT2D eigenvalue weighted by Crippen LogP contribution is -2.04. The zero-order valence-electron chi connectivity index (χ0n) is 11.8. The van der Waals surface area contributed by atoms with Gasteiger partial charge in [0.05, 0.1) is 7.11 Å². The minimum absolute atomic E-state index is 0.137. The van der Waals surface area contributed by atoms with Gasteiger partial charge in [0.2, 0.25) is 5.95 Å². The number of phenolic OH excluding ortho intramolecular Hbond substituents is 1. The van der Waals surface area contributed by atoms with Crippen LogP contribution >= 0.6 is 0 Å². The van der Waals surface area contributed by atoms with Gasteiger partial charge in [-0.1, -0.05) is 6.08 Å². The van der Waals surface area contributed by atoms with Gasteiger partial charge in [-0.2, -0.15) is 4.98 Å². The van der Waals surface area contributed by atoms with Gasteiger partial charge in [0.1, 0.15) is 17.3 Å². The molecule has 6 nitrogen and oxygen atoms in total. The molecule has 0 saturated carbocycles. The zero-order valence-corrected chi connectivity index (χ0v) is 11.8. The molecule has 1 aromatic heterocycles. The molecule has 5 N–H and O–H groups in total. The SMILES string of the molecule is C=CCc1c(O)cc(Cc2cnc(N)nc2N)cc1OC. The van der Waals surface area contributed by atoms with Gasteiger partial charge in [0.25, 0.3) is 0 Å². The number of nitrogens with two attached hydrogens (primary N) is 2. The molecule has 0 saturated heterocycles. The molecular weight excluding hydrogens is 268 g/mol. The molecule has 110 valence electrons. The summed E-state index contributed by atoms with van der Waals surface area (Å²) in [4.78, 5) is 7.85. The van der Waals surface area contributed by atoms with E-state index < -0.39 is 0 Å². The van der Waals surface area contributed by atoms with E-state index in [1.165, 1.54) is 0 Å². The Hall–Kier alpha value is -2.76. The lowest BCUT2D eigenvalue weighted by molar-refractivity contribution is 0.400. The zero-order chi connectivity index (χ0) is 15.4. The number of aromatic hydroxyl groups is 1. The third-order valence-electron chi connectivity index (χ3n) is 3.12. The molecule has 0 bridgehead atoms. The van der Waals surface area contributed by atoms with Crippen LogP contribution in [0, 0.1) is 0 Å². The van der Waals surface area contributed by atoms with Gasteiger partial charge >= 0.3 is 0 Å². The minimum Gasteiger partial charge on any atom is -0.508 e. The van der Waals surface area contributed by atoms with E-state index in [4.69, 9.17) is 16.2 Å². The first-order chi connectivity index (χ1) is 10.0. The minimum atomic E-state index is 0.137. The molecular formula is C15H18N4O2. The maximum atomic E-state index is 10.1. The Kier molecular flexibility index (Phi) is 4.27. The number of hydrogen-bond acceptors (Lipinski definition) is 6. The van der Waals surface area contributed by atoms with Crippen molar-refractivity contribution in [3.8, 4) is 11.5 Å². The first-order valence-corrected chi connectivity index (χ1v) is 6.41. The van der Waals surface area contributed by atoms with Crippen LogP contribution in [0.3, 0.4) is 0 Å². The molecule has 1 aromatic carbocycles. The van der Waals surface area contributed by atoms with Gasteiger partial charge in [0.15, 0.2) is 0 Å². The van der Waals surface area contributed by atoms with Crippen LogP contribution in [-0.4, -0.2) is 22.2 Å². The molecule has 0 atom stereocenters. The van der Waals surface area contributed by atoms with Crippen molar-refractivity contribution < 1.29 is 9.84 Å². The van der Waals surface area contributed by atoms with E-state index in [9.17, 15) is 5.11 Å². The second-order valence-electron chi connectivity index (χ2n) is 4.60. The third-order valence-corrected chi connectivity index (χ3v) is 3.12. The van der Waals surface area contributed by atoms with Gasteiger partial charge in [-0.15, -0.1) is 6.58 Å². The molecule has 0 radical (unpaired) electrons. The van der Waals surface area contributed by atoms with E-state index in [2.05, 4.69) is 16.5 Å². The fraction of sp³-hybridized carbons (Fsp3) is 0.200. The first kappa shape index (κ1) is 14.6. The Morgan fingerprint density at radius 1 is 1.38 bits per heavy atom. The Morgan fingerprint density at radius 2 is 2.14 bits per heavy atom. The molecule has 0 spiro atoms. The summed E-state index contributed by atoms with van der Waals surface area (Å²) in [6.07, 6.45) is 4.30. The predicted molar refractivity (Wildman–Crippen MR) is 82.2 cm³/mol. The van der Waals surface area contributed by atoms with Crippen LogP contribution in [0.5, 0.6) is 11.5 Å². The maximum Gasteiger partial charge on any atom is 0.221 e. The summed E-state index contributed by atoms with van der Waals surface area (Å²) < 4.78 is 5.32. The van der Waals surface area contributed by atoms with Crippen LogP contribution < -0.4 is 16.2 Å². The van der Waals surface area contributed by atoms with Crippen molar-refractivity contribution in [2.75, 3.05) is 18.6 Å². The van der Waals surface area contributed by atoms with Gasteiger partial charge < -0.3 is 21.3 Å². The van der Waals surface area contributed by atoms with Gasteiger partial charge in [-0.25, -0.2) is 4.98 Å². The van der Waals surface area contributed by atoms with Crippen LogP contribution in [0.15, 0.2) is 31.0 Å². The summed E-state index contributed by atoms with van der Waals surface area (Å²) in [6.45, 7) is 3.67. The molecule has 0 amide bonds. The van der Waals surface area contributed by atoms with E-state index in [0.717, 1.165) is 11.1 Å². The molecule has 0 aliphatic rings. The summed E-state index contributed by atoms with van der Waals surface area (Å²) in [7, 11) is 1.56. The highest BCUT2D eigenvalue weighted by molar-refractivity contribution is 5.51. The highest BCUT2D eigenvalue weighted by Crippen LogP contribution is 2.31. The number of allylic oxidation sites excluding steroid dienone is 1. The van der Waals surface area contributed by atoms with E-state index in [1.54, 1.807) is 25.4 Å². The van der Waals surface area contributed by atoms with Gasteiger partial charge in [0, 0.05) is 23.7 Å². The van der Waals surface area contributed by atoms with Crippen molar-refractivity contribution in [3.05, 3.63) is 47.7 Å². The highest BCUT2D eigenvalue weighted by atomic mass is 16.5. The standard InChI is InChI=1S/C15H18N4O2/c1-3-4-11-12(20)6-9(7-13(11)21-2)5-10-8-18-15(17)19-14(10)16/h3,6-8,20H,1,4-5H2,2H3,(H4,16,17,18,19). The summed E-state index contributed by atoms with van der Waals surface area (Å²) in [6, 6.07) is 3.53. The van der Waals surface area contributed by atoms with Crippen LogP contribution in [-0.2, 0) is 12.8 Å². The molecule has 0 aliphatic heterocycles. The number of hydrogen-bond donors (Lipinski definition) is 3. The Morgan fingerprint density at radius 3 is 2.76 bits per heavy atom. The lowest BCUT2D eigenvalue weighted by atomic mass is 10.0. The number of phenols is 1. The van der Waals surface area contributed by atoms with Crippen molar-refractivity contribution >= 4 is 11.8 Å². The van der Waals surface area contributed by atoms with Crippen LogP contribution in [0.1, 0.15) is 16.7 Å². The van der Waals surface area contributed by atoms with Crippen molar-refractivity contribution in [1.82, 2.24) is 9.97 Å². The smallest absolute Gasteiger partial charge is 0.221 e. The molecule has 21 heavy (non-hydrogen) atoms. The van der Waals surface area contributed by atoms with Gasteiger partial charge in [-0.05, 0) is 24.1 Å². The molecule has 6 heteroatoms. The van der Waals surface area contributed by atoms with Crippen LogP contribution in [0.4, 0.5) is 11.8 Å². The lowest BCUT2D eigenvalue weighted by Gasteiger charge is -2.12. The molecule has 0 unspecified atom stereocenters. The van der Waals surface area contributed by atoms with Crippen molar-refractivity contribution in [1.29, 1.82) is 0 Å². The average Bonchev–Trinajstić information content (AvgIpc) is 2.44. The van der Waals surface area contributed by atoms with Crippen LogP contribution in [0.2, 0.25) is 0 Å². The second-order valence-corrected chi connectivity index (χ2v) is 4.60. The number of rotatable bonds is 5. The molecule has 2 aromatic rings. The number of nitrogen functional groups attached to an aromatic ring is 2. The van der Waals surface area contributed by atoms with Crippen LogP contribution in [0.25, 0.3) is 0 Å². The number of nitrogens with zero attached hydrogens (tertiary/aromatic N) is 2. The van der Waals surface area contributed by atoms with Crippen molar-refractivity contribution in [3.63, 3.8) is 0 Å². The molecule has 0 fully saturated rings. The third kappa shape index (κ3) is 3.22. The topological polar surface area (TPSA) is 107 Å². The van der Waals surface area contributed by atoms with E-state index >= 15 is 0 Å². The summed E-state index contributed by atoms with van der Waals surface area (Å²) in [5, 5.41) is 10.1. The average molecular weight is 286 g/mol. The van der Waals surface area contributed by atoms with E-state index in [-0.39, 0.29) is 11.7 Å². The molecule has 1 heterocycles. The summed E-state index contributed by atoms with van der Waals surface area (Å²) >= 11 is 0. The number of anilines is 2. The monoisotopic (exact) mass is 286 g/mol. The normalized spacial score (nSPS) is 10.3. The fourth-order valence-electron chi connectivity index (χ4n) is 2.11. The Balaban J connectivity index is 2.36. The van der Waals surface area contributed by atoms with E-state index in [1.807, 2.05) is 6.07 Å².